The van der Waals surface area contributed by atoms with E-state index in [9.17, 15) is 19.6 Å². The number of nitriles is 1. The van der Waals surface area contributed by atoms with Gasteiger partial charge in [0.15, 0.2) is 11.5 Å². The smallest absolute Gasteiger partial charge is 0.335 e. The number of barbiturate groups is 1. The average molecular weight is 515 g/mol. The summed E-state index contributed by atoms with van der Waals surface area (Å²) in [4.78, 5) is 41.0. The first-order valence-corrected chi connectivity index (χ1v) is 12.7. The molecule has 10 heteroatoms. The first-order chi connectivity index (χ1) is 17.9. The Bertz CT molecular complexity index is 1590. The third kappa shape index (κ3) is 3.62. The number of carbonyl (C=O) groups excluding carboxylic acids is 3. The summed E-state index contributed by atoms with van der Waals surface area (Å²) in [6.45, 7) is 3.88. The number of nitrogens with zero attached hydrogens (tertiary/aromatic N) is 3. The van der Waals surface area contributed by atoms with Gasteiger partial charge < -0.3 is 14.0 Å². The topological polar surface area (TPSA) is 114 Å². The lowest BCUT2D eigenvalue weighted by molar-refractivity contribution is -0.122. The number of benzene rings is 1. The van der Waals surface area contributed by atoms with Gasteiger partial charge in [0.25, 0.3) is 11.8 Å². The lowest BCUT2D eigenvalue weighted by Gasteiger charge is -2.26. The highest BCUT2D eigenvalue weighted by molar-refractivity contribution is 7.15. The van der Waals surface area contributed by atoms with Crippen molar-refractivity contribution in [2.75, 3.05) is 11.7 Å². The second-order valence-electron chi connectivity index (χ2n) is 9.16. The molecule has 4 heterocycles. The molecule has 0 saturated carbocycles. The van der Waals surface area contributed by atoms with Crippen LogP contribution in [0.4, 0.5) is 10.5 Å². The zero-order chi connectivity index (χ0) is 25.8. The molecule has 0 unspecified atom stereocenters. The van der Waals surface area contributed by atoms with Gasteiger partial charge in [0.2, 0.25) is 6.79 Å². The molecule has 1 aromatic carbocycles. The number of urea groups is 1. The number of hydrogen-bond donors (Lipinski definition) is 1. The molecule has 1 saturated heterocycles. The first-order valence-electron chi connectivity index (χ1n) is 11.9. The first kappa shape index (κ1) is 23.1. The van der Waals surface area contributed by atoms with E-state index < -0.39 is 17.8 Å². The third-order valence-corrected chi connectivity index (χ3v) is 8.23. The Hall–Kier alpha value is -4.36. The quantitative estimate of drug-likeness (QED) is 0.412. The highest BCUT2D eigenvalue weighted by atomic mass is 32.1. The molecule has 9 nitrogen and oxygen atoms in total. The summed E-state index contributed by atoms with van der Waals surface area (Å²) in [6, 6.07) is 8.15. The van der Waals surface area contributed by atoms with Crippen LogP contribution in [0, 0.1) is 25.2 Å². The minimum Gasteiger partial charge on any atom is -0.454 e. The van der Waals surface area contributed by atoms with E-state index in [1.54, 1.807) is 23.5 Å². The number of rotatable bonds is 3. The normalized spacial score (nSPS) is 17.7. The fraction of sp³-hybridized carbons (Fsp3) is 0.259. The molecule has 2 aromatic heterocycles. The zero-order valence-electron chi connectivity index (χ0n) is 20.2. The third-order valence-electron chi connectivity index (χ3n) is 6.95. The number of hydrogen-bond acceptors (Lipinski definition) is 7. The molecule has 0 atom stereocenters. The van der Waals surface area contributed by atoms with Gasteiger partial charge in [0.1, 0.15) is 16.6 Å². The Morgan fingerprint density at radius 3 is 2.68 bits per heavy atom. The number of anilines is 1. The molecule has 1 N–H and O–H groups in total. The SMILES string of the molecule is Cc1cc(/C=C2\C(=O)NC(=O)N(c3ccc4c(c3)OCO4)C2=O)c(C)n1-c1sc2c(c1C#N)CCCC2. The summed E-state index contributed by atoms with van der Waals surface area (Å²) in [5.74, 6) is -0.571. The van der Waals surface area contributed by atoms with Gasteiger partial charge in [-0.3, -0.25) is 14.9 Å². The molecule has 3 aliphatic rings. The number of imide groups is 2. The minimum atomic E-state index is -0.834. The Morgan fingerprint density at radius 2 is 1.86 bits per heavy atom. The molecular weight excluding hydrogens is 492 g/mol. The number of amides is 4. The molecule has 6 rings (SSSR count). The number of fused-ring (bicyclic) bond motifs is 2. The van der Waals surface area contributed by atoms with Gasteiger partial charge >= 0.3 is 6.03 Å². The van der Waals surface area contributed by atoms with E-state index in [0.29, 0.717) is 22.6 Å². The zero-order valence-corrected chi connectivity index (χ0v) is 21.0. The van der Waals surface area contributed by atoms with Crippen molar-refractivity contribution in [2.45, 2.75) is 39.5 Å². The average Bonchev–Trinajstić information content (AvgIpc) is 3.56. The summed E-state index contributed by atoms with van der Waals surface area (Å²) >= 11 is 1.63. The number of nitrogens with one attached hydrogen (secondary N) is 1. The van der Waals surface area contributed by atoms with Gasteiger partial charge in [0.05, 0.1) is 11.3 Å². The van der Waals surface area contributed by atoms with Crippen LogP contribution in [0.3, 0.4) is 0 Å². The van der Waals surface area contributed by atoms with E-state index >= 15 is 0 Å². The summed E-state index contributed by atoms with van der Waals surface area (Å²) in [7, 11) is 0. The van der Waals surface area contributed by atoms with Crippen LogP contribution < -0.4 is 19.7 Å². The van der Waals surface area contributed by atoms with Gasteiger partial charge in [-0.25, -0.2) is 9.69 Å². The predicted molar refractivity (Wildman–Crippen MR) is 136 cm³/mol. The van der Waals surface area contributed by atoms with Crippen molar-refractivity contribution in [3.63, 3.8) is 0 Å². The number of thiophene rings is 1. The van der Waals surface area contributed by atoms with E-state index in [2.05, 4.69) is 11.4 Å². The van der Waals surface area contributed by atoms with Crippen molar-refractivity contribution in [3.8, 4) is 22.6 Å². The second-order valence-corrected chi connectivity index (χ2v) is 10.2. The van der Waals surface area contributed by atoms with Crippen molar-refractivity contribution in [1.29, 1.82) is 5.26 Å². The molecular formula is C27H22N4O5S. The standard InChI is InChI=1S/C27H22N4O5S/c1-14-9-16(15(2)30(14)26-20(12-28)18-5-3-4-6-23(18)37-26)10-19-24(32)29-27(34)31(25(19)33)17-7-8-21-22(11-17)36-13-35-21/h7-11H,3-6,13H2,1-2H3,(H,29,32,34)/b19-10+. The van der Waals surface area contributed by atoms with Gasteiger partial charge in [-0.15, -0.1) is 11.3 Å². The van der Waals surface area contributed by atoms with Crippen molar-refractivity contribution in [1.82, 2.24) is 9.88 Å². The van der Waals surface area contributed by atoms with Crippen LogP contribution in [0.15, 0.2) is 29.8 Å². The highest BCUT2D eigenvalue weighted by Crippen LogP contribution is 2.39. The van der Waals surface area contributed by atoms with Gasteiger partial charge in [-0.05, 0) is 74.9 Å². The van der Waals surface area contributed by atoms with Gasteiger partial charge in [0, 0.05) is 22.3 Å². The van der Waals surface area contributed by atoms with E-state index in [1.165, 1.54) is 17.0 Å². The van der Waals surface area contributed by atoms with E-state index in [-0.39, 0.29) is 18.1 Å². The Morgan fingerprint density at radius 1 is 1.08 bits per heavy atom. The monoisotopic (exact) mass is 514 g/mol. The molecule has 186 valence electrons. The largest absolute Gasteiger partial charge is 0.454 e. The van der Waals surface area contributed by atoms with Crippen LogP contribution in [0.2, 0.25) is 0 Å². The number of aromatic nitrogens is 1. The molecule has 0 spiro atoms. The predicted octanol–water partition coefficient (Wildman–Crippen LogP) is 4.30. The minimum absolute atomic E-state index is 0.0545. The molecule has 2 aliphatic heterocycles. The number of ether oxygens (including phenoxy) is 2. The maximum atomic E-state index is 13.4. The summed E-state index contributed by atoms with van der Waals surface area (Å²) in [5.41, 5.74) is 4.28. The number of aryl methyl sites for hydroxylation is 2. The Kier molecular flexibility index (Phi) is 5.38. The maximum absolute atomic E-state index is 13.4. The Balaban J connectivity index is 1.40. The lowest BCUT2D eigenvalue weighted by Crippen LogP contribution is -2.54. The highest BCUT2D eigenvalue weighted by Gasteiger charge is 2.38. The maximum Gasteiger partial charge on any atom is 0.335 e. The van der Waals surface area contributed by atoms with Crippen molar-refractivity contribution < 1.29 is 23.9 Å². The van der Waals surface area contributed by atoms with Crippen LogP contribution >= 0.6 is 11.3 Å². The van der Waals surface area contributed by atoms with E-state index in [4.69, 9.17) is 9.47 Å². The van der Waals surface area contributed by atoms with Crippen molar-refractivity contribution in [3.05, 3.63) is 62.8 Å². The van der Waals surface area contributed by atoms with Crippen molar-refractivity contribution >= 4 is 40.9 Å². The molecule has 4 amide bonds. The van der Waals surface area contributed by atoms with Gasteiger partial charge in [-0.1, -0.05) is 0 Å². The Labute approximate surface area is 216 Å². The fourth-order valence-electron chi connectivity index (χ4n) is 5.14. The summed E-state index contributed by atoms with van der Waals surface area (Å²) < 4.78 is 12.7. The van der Waals surface area contributed by atoms with Crippen LogP contribution in [-0.4, -0.2) is 29.2 Å². The summed E-state index contributed by atoms with van der Waals surface area (Å²) in [5, 5.41) is 13.1. The van der Waals surface area contributed by atoms with Gasteiger partial charge in [-0.2, -0.15) is 5.26 Å². The van der Waals surface area contributed by atoms with Crippen LogP contribution in [0.1, 0.15) is 45.8 Å². The molecule has 0 bridgehead atoms. The molecule has 1 aliphatic carbocycles. The van der Waals surface area contributed by atoms with Crippen LogP contribution in [0.25, 0.3) is 11.1 Å². The van der Waals surface area contributed by atoms with Crippen molar-refractivity contribution in [2.24, 2.45) is 0 Å². The number of carbonyl (C=O) groups is 3. The second kappa shape index (κ2) is 8.64. The molecule has 3 aromatic rings. The molecule has 1 fully saturated rings. The fourth-order valence-corrected chi connectivity index (χ4v) is 6.59. The van der Waals surface area contributed by atoms with Crippen LogP contribution in [-0.2, 0) is 22.4 Å². The van der Waals surface area contributed by atoms with E-state index in [1.807, 2.05) is 24.5 Å². The molecule has 0 radical (unpaired) electrons. The van der Waals surface area contributed by atoms with Crippen LogP contribution in [0.5, 0.6) is 11.5 Å². The van der Waals surface area contributed by atoms with E-state index in [0.717, 1.165) is 52.5 Å². The summed E-state index contributed by atoms with van der Waals surface area (Å²) in [6.07, 6.45) is 5.58. The molecule has 37 heavy (non-hydrogen) atoms. The lowest BCUT2D eigenvalue weighted by atomic mass is 9.96.